The van der Waals surface area contributed by atoms with Crippen molar-refractivity contribution in [2.24, 2.45) is 0 Å². The Morgan fingerprint density at radius 3 is 2.03 bits per heavy atom. The molecule has 5 nitrogen and oxygen atoms in total. The second-order valence-electron chi connectivity index (χ2n) is 6.82. The predicted molar refractivity (Wildman–Crippen MR) is 113 cm³/mol. The van der Waals surface area contributed by atoms with Gasteiger partial charge in [0, 0.05) is 31.1 Å². The quantitative estimate of drug-likeness (QED) is 0.599. The fourth-order valence-corrected chi connectivity index (χ4v) is 4.51. The first-order chi connectivity index (χ1) is 14.2. The molecule has 0 saturated carbocycles. The number of piperazine rings is 1. The van der Waals surface area contributed by atoms with E-state index in [1.165, 1.54) is 6.26 Å². The van der Waals surface area contributed by atoms with Crippen LogP contribution in [0.3, 0.4) is 0 Å². The Morgan fingerprint density at radius 2 is 1.41 bits per heavy atom. The van der Waals surface area contributed by atoms with Gasteiger partial charge in [-0.3, -0.25) is 9.59 Å². The van der Waals surface area contributed by atoms with Crippen molar-refractivity contribution in [1.82, 2.24) is 9.80 Å². The monoisotopic (exact) mass is 406 g/mol. The van der Waals surface area contributed by atoms with Gasteiger partial charge >= 0.3 is 0 Å². The molecular weight excluding hydrogens is 384 g/mol. The summed E-state index contributed by atoms with van der Waals surface area (Å²) in [5.41, 5.74) is 0.987. The zero-order chi connectivity index (χ0) is 20.1. The summed E-state index contributed by atoms with van der Waals surface area (Å²) in [5, 5.41) is -0.314. The van der Waals surface area contributed by atoms with Gasteiger partial charge in [0.15, 0.2) is 5.76 Å². The molecule has 2 amide bonds. The van der Waals surface area contributed by atoms with E-state index in [0.717, 1.165) is 10.5 Å². The standard InChI is InChI=1S/C23H22N2O3S/c26-22(20-12-7-17-28-20)24-13-15-25(16-14-24)23(27)21(18-8-3-1-4-9-18)29-19-10-5-2-6-11-19/h1-12,17,21H,13-16H2/t21-/m0/s1. The SMILES string of the molecule is O=C(c1ccco1)N1CCN(C(=O)[C@@H](Sc2ccccc2)c2ccccc2)CC1. The molecule has 3 aromatic rings. The maximum atomic E-state index is 13.4. The lowest BCUT2D eigenvalue weighted by Crippen LogP contribution is -2.51. The summed E-state index contributed by atoms with van der Waals surface area (Å²) in [5.74, 6) is 0.294. The van der Waals surface area contributed by atoms with Crippen LogP contribution in [0.15, 0.2) is 88.4 Å². The summed E-state index contributed by atoms with van der Waals surface area (Å²) in [7, 11) is 0. The van der Waals surface area contributed by atoms with E-state index < -0.39 is 0 Å². The molecule has 0 N–H and O–H groups in total. The van der Waals surface area contributed by atoms with Crippen LogP contribution in [0.5, 0.6) is 0 Å². The molecule has 1 aliphatic rings. The molecule has 1 saturated heterocycles. The minimum Gasteiger partial charge on any atom is -0.459 e. The molecule has 2 heterocycles. The minimum absolute atomic E-state index is 0.0788. The van der Waals surface area contributed by atoms with Gasteiger partial charge in [-0.25, -0.2) is 0 Å². The third kappa shape index (κ3) is 4.54. The maximum absolute atomic E-state index is 13.4. The lowest BCUT2D eigenvalue weighted by molar-refractivity contribution is -0.132. The molecule has 0 aliphatic carbocycles. The van der Waals surface area contributed by atoms with Crippen molar-refractivity contribution in [2.75, 3.05) is 26.2 Å². The number of hydrogen-bond acceptors (Lipinski definition) is 4. The summed E-state index contributed by atoms with van der Waals surface area (Å²) in [6.07, 6.45) is 1.50. The van der Waals surface area contributed by atoms with Crippen molar-refractivity contribution in [1.29, 1.82) is 0 Å². The smallest absolute Gasteiger partial charge is 0.289 e. The van der Waals surface area contributed by atoms with Gasteiger partial charge in [-0.15, -0.1) is 11.8 Å². The molecule has 1 aromatic heterocycles. The molecule has 0 radical (unpaired) electrons. The van der Waals surface area contributed by atoms with Crippen LogP contribution in [0.2, 0.25) is 0 Å². The van der Waals surface area contributed by atoms with Crippen molar-refractivity contribution < 1.29 is 14.0 Å². The van der Waals surface area contributed by atoms with Crippen LogP contribution in [0, 0.1) is 0 Å². The number of rotatable bonds is 5. The van der Waals surface area contributed by atoms with Crippen molar-refractivity contribution in [3.63, 3.8) is 0 Å². The Balaban J connectivity index is 1.46. The Labute approximate surface area is 174 Å². The molecule has 1 aliphatic heterocycles. The highest BCUT2D eigenvalue weighted by Gasteiger charge is 2.31. The Bertz CT molecular complexity index is 937. The van der Waals surface area contributed by atoms with E-state index in [2.05, 4.69) is 0 Å². The summed E-state index contributed by atoms with van der Waals surface area (Å²) in [6.45, 7) is 2.04. The van der Waals surface area contributed by atoms with E-state index in [1.807, 2.05) is 65.6 Å². The van der Waals surface area contributed by atoms with Crippen molar-refractivity contribution in [2.45, 2.75) is 10.1 Å². The van der Waals surface area contributed by atoms with Gasteiger partial charge < -0.3 is 14.2 Å². The van der Waals surface area contributed by atoms with E-state index in [4.69, 9.17) is 4.42 Å². The molecule has 0 unspecified atom stereocenters. The highest BCUT2D eigenvalue weighted by Crippen LogP contribution is 2.36. The second-order valence-corrected chi connectivity index (χ2v) is 7.99. The van der Waals surface area contributed by atoms with E-state index in [-0.39, 0.29) is 17.1 Å². The number of amides is 2. The fraction of sp³-hybridized carbons (Fsp3) is 0.217. The number of thioether (sulfide) groups is 1. The molecule has 29 heavy (non-hydrogen) atoms. The van der Waals surface area contributed by atoms with E-state index in [0.29, 0.717) is 31.9 Å². The predicted octanol–water partition coefficient (Wildman–Crippen LogP) is 4.10. The molecule has 2 aromatic carbocycles. The normalized spacial score (nSPS) is 15.2. The van der Waals surface area contributed by atoms with Crippen LogP contribution in [0.1, 0.15) is 21.4 Å². The molecule has 0 spiro atoms. The summed E-state index contributed by atoms with van der Waals surface area (Å²) >= 11 is 1.56. The molecule has 148 valence electrons. The van der Waals surface area contributed by atoms with Crippen LogP contribution in [-0.4, -0.2) is 47.8 Å². The number of carbonyl (C=O) groups excluding carboxylic acids is 2. The average Bonchev–Trinajstić information content (AvgIpc) is 3.33. The lowest BCUT2D eigenvalue weighted by atomic mass is 10.1. The second kappa shape index (κ2) is 9.01. The van der Waals surface area contributed by atoms with Gasteiger partial charge in [0.1, 0.15) is 5.25 Å². The average molecular weight is 407 g/mol. The number of nitrogens with zero attached hydrogens (tertiary/aromatic N) is 2. The minimum atomic E-state index is -0.314. The first-order valence-corrected chi connectivity index (χ1v) is 10.5. The number of hydrogen-bond donors (Lipinski definition) is 0. The number of furan rings is 1. The summed E-state index contributed by atoms with van der Waals surface area (Å²) in [6, 6.07) is 23.2. The van der Waals surface area contributed by atoms with E-state index in [1.54, 1.807) is 28.8 Å². The summed E-state index contributed by atoms with van der Waals surface area (Å²) < 4.78 is 5.21. The molecule has 6 heteroatoms. The van der Waals surface area contributed by atoms with Gasteiger partial charge in [0.05, 0.1) is 6.26 Å². The van der Waals surface area contributed by atoms with Crippen LogP contribution in [-0.2, 0) is 4.79 Å². The summed E-state index contributed by atoms with van der Waals surface area (Å²) in [4.78, 5) is 30.5. The number of benzene rings is 2. The largest absolute Gasteiger partial charge is 0.459 e. The van der Waals surface area contributed by atoms with Crippen molar-refractivity contribution >= 4 is 23.6 Å². The van der Waals surface area contributed by atoms with Crippen LogP contribution >= 0.6 is 11.8 Å². The molecule has 1 atom stereocenters. The Kier molecular flexibility index (Phi) is 6.00. The van der Waals surface area contributed by atoms with Crippen LogP contribution in [0.4, 0.5) is 0 Å². The Hall–Kier alpha value is -2.99. The van der Waals surface area contributed by atoms with Crippen molar-refractivity contribution in [3.8, 4) is 0 Å². The van der Waals surface area contributed by atoms with Gasteiger partial charge in [-0.05, 0) is 29.8 Å². The third-order valence-corrected chi connectivity index (χ3v) is 6.19. The van der Waals surface area contributed by atoms with Crippen LogP contribution < -0.4 is 0 Å². The molecule has 1 fully saturated rings. The van der Waals surface area contributed by atoms with Gasteiger partial charge in [-0.1, -0.05) is 48.5 Å². The van der Waals surface area contributed by atoms with E-state index in [9.17, 15) is 9.59 Å². The zero-order valence-electron chi connectivity index (χ0n) is 15.9. The van der Waals surface area contributed by atoms with Gasteiger partial charge in [0.25, 0.3) is 5.91 Å². The fourth-order valence-electron chi connectivity index (χ4n) is 3.38. The molecule has 0 bridgehead atoms. The van der Waals surface area contributed by atoms with Crippen molar-refractivity contribution in [3.05, 3.63) is 90.4 Å². The molecular formula is C23H22N2O3S. The third-order valence-electron chi connectivity index (χ3n) is 4.93. The number of carbonyl (C=O) groups is 2. The Morgan fingerprint density at radius 1 is 0.793 bits per heavy atom. The zero-order valence-corrected chi connectivity index (χ0v) is 16.8. The van der Waals surface area contributed by atoms with Crippen LogP contribution in [0.25, 0.3) is 0 Å². The maximum Gasteiger partial charge on any atom is 0.289 e. The van der Waals surface area contributed by atoms with E-state index >= 15 is 0 Å². The van der Waals surface area contributed by atoms with Gasteiger partial charge in [-0.2, -0.15) is 0 Å². The first kappa shape index (κ1) is 19.3. The van der Waals surface area contributed by atoms with Gasteiger partial charge in [0.2, 0.25) is 5.91 Å². The first-order valence-electron chi connectivity index (χ1n) is 9.60. The lowest BCUT2D eigenvalue weighted by Gasteiger charge is -2.36. The molecule has 4 rings (SSSR count). The highest BCUT2D eigenvalue weighted by molar-refractivity contribution is 8.00. The highest BCUT2D eigenvalue weighted by atomic mass is 32.2. The topological polar surface area (TPSA) is 53.8 Å².